The predicted octanol–water partition coefficient (Wildman–Crippen LogP) is 5.60. The number of hydrogen-bond donors (Lipinski definition) is 2. The molecule has 194 valence electrons. The molecule has 2 aliphatic heterocycles. The molecule has 3 aromatic rings. The van der Waals surface area contributed by atoms with Crippen molar-refractivity contribution in [3.05, 3.63) is 86.7 Å². The third kappa shape index (κ3) is 5.95. The van der Waals surface area contributed by atoms with E-state index in [0.717, 1.165) is 36.6 Å². The Kier molecular flexibility index (Phi) is 7.77. The molecule has 0 bridgehead atoms. The third-order valence-electron chi connectivity index (χ3n) is 6.57. The predicted molar refractivity (Wildman–Crippen MR) is 153 cm³/mol. The number of likely N-dealkylation sites (N-methyl/N-ethyl adjacent to an activating group) is 1. The zero-order valence-corrected chi connectivity index (χ0v) is 23.3. The lowest BCUT2D eigenvalue weighted by atomic mass is 10.1. The summed E-state index contributed by atoms with van der Waals surface area (Å²) in [5, 5.41) is 14.4. The van der Waals surface area contributed by atoms with E-state index < -0.39 is 16.1 Å². The van der Waals surface area contributed by atoms with E-state index in [0.29, 0.717) is 26.2 Å². The molecule has 1 unspecified atom stereocenters. The third-order valence-corrected chi connectivity index (χ3v) is 10.1. The lowest BCUT2D eigenvalue weighted by molar-refractivity contribution is 0.248. The van der Waals surface area contributed by atoms with E-state index in [1.165, 1.54) is 23.5 Å². The zero-order chi connectivity index (χ0) is 26.2. The first-order valence-corrected chi connectivity index (χ1v) is 15.1. The second kappa shape index (κ2) is 10.9. The molecule has 1 saturated heterocycles. The van der Waals surface area contributed by atoms with Gasteiger partial charge in [0.1, 0.15) is 0 Å². The Morgan fingerprint density at radius 1 is 1.03 bits per heavy atom. The van der Waals surface area contributed by atoms with Gasteiger partial charge < -0.3 is 20.2 Å². The van der Waals surface area contributed by atoms with Crippen molar-refractivity contribution in [2.45, 2.75) is 21.8 Å². The molecule has 1 fully saturated rings. The quantitative estimate of drug-likeness (QED) is 0.410. The van der Waals surface area contributed by atoms with Crippen molar-refractivity contribution in [2.75, 3.05) is 43.4 Å². The van der Waals surface area contributed by atoms with Crippen LogP contribution in [0, 0.1) is 0 Å². The number of fused-ring (bicyclic) bond motifs is 1. The number of rotatable bonds is 5. The van der Waals surface area contributed by atoms with Gasteiger partial charge in [-0.3, -0.25) is 0 Å². The van der Waals surface area contributed by atoms with Crippen LogP contribution in [0.4, 0.5) is 11.4 Å². The van der Waals surface area contributed by atoms with Crippen molar-refractivity contribution in [3.63, 3.8) is 0 Å². The van der Waals surface area contributed by atoms with Crippen LogP contribution in [-0.2, 0) is 15.6 Å². The molecular weight excluding hydrogens is 549 g/mol. The molecule has 2 heterocycles. The standard InChI is InChI=1S/C27H27Cl2N3O3S2/c1-31-11-13-32(14-12-31)19-7-5-18(6-8-19)15-26-27(33)30-24-10-9-20(16-25(24)36-26)37(34,35)17-21-22(28)3-2-4-23(21)29/h2-10,15-16,27,30,33H,11-14,17H2,1H3. The number of hydrogen-bond acceptors (Lipinski definition) is 7. The van der Waals surface area contributed by atoms with E-state index >= 15 is 0 Å². The number of sulfone groups is 1. The maximum atomic E-state index is 13.2. The maximum absolute atomic E-state index is 13.2. The van der Waals surface area contributed by atoms with Gasteiger partial charge in [-0.1, -0.05) is 53.2 Å². The molecule has 0 saturated carbocycles. The summed E-state index contributed by atoms with van der Waals surface area (Å²) >= 11 is 13.8. The number of benzene rings is 3. The van der Waals surface area contributed by atoms with Crippen molar-refractivity contribution < 1.29 is 13.5 Å². The smallest absolute Gasteiger partial charge is 0.182 e. The number of halogens is 2. The van der Waals surface area contributed by atoms with Crippen LogP contribution in [0.15, 0.2) is 75.4 Å². The molecule has 6 nitrogen and oxygen atoms in total. The maximum Gasteiger partial charge on any atom is 0.182 e. The highest BCUT2D eigenvalue weighted by Crippen LogP contribution is 2.42. The topological polar surface area (TPSA) is 72.9 Å². The Balaban J connectivity index is 1.35. The number of aliphatic hydroxyl groups is 1. The lowest BCUT2D eigenvalue weighted by Crippen LogP contribution is -2.44. The molecule has 5 rings (SSSR count). The second-order valence-electron chi connectivity index (χ2n) is 9.19. The van der Waals surface area contributed by atoms with E-state index in [4.69, 9.17) is 23.2 Å². The van der Waals surface area contributed by atoms with Crippen LogP contribution >= 0.6 is 35.0 Å². The number of nitrogens with one attached hydrogen (secondary N) is 1. The van der Waals surface area contributed by atoms with Gasteiger partial charge in [0.2, 0.25) is 0 Å². The molecule has 2 N–H and O–H groups in total. The molecule has 0 aromatic heterocycles. The van der Waals surface area contributed by atoms with Gasteiger partial charge in [0.15, 0.2) is 16.1 Å². The van der Waals surface area contributed by atoms with Gasteiger partial charge in [-0.25, -0.2) is 8.42 Å². The van der Waals surface area contributed by atoms with E-state index in [1.807, 2.05) is 18.2 Å². The van der Waals surface area contributed by atoms with Crippen LogP contribution in [0.1, 0.15) is 11.1 Å². The first-order valence-electron chi connectivity index (χ1n) is 11.9. The SMILES string of the molecule is CN1CCN(c2ccc(C=C3Sc4cc(S(=O)(=O)Cc5c(Cl)cccc5Cl)ccc4NC3O)cc2)CC1. The van der Waals surface area contributed by atoms with Gasteiger partial charge in [-0.2, -0.15) is 0 Å². The van der Waals surface area contributed by atoms with Crippen LogP contribution < -0.4 is 10.2 Å². The highest BCUT2D eigenvalue weighted by molar-refractivity contribution is 8.03. The number of nitrogens with zero attached hydrogens (tertiary/aromatic N) is 2. The first-order chi connectivity index (χ1) is 17.7. The molecular formula is C27H27Cl2N3O3S2. The van der Waals surface area contributed by atoms with Crippen molar-refractivity contribution in [2.24, 2.45) is 0 Å². The van der Waals surface area contributed by atoms with Gasteiger partial charge in [-0.15, -0.1) is 0 Å². The molecule has 0 amide bonds. The van der Waals surface area contributed by atoms with Crippen molar-refractivity contribution >= 4 is 62.3 Å². The fourth-order valence-electron chi connectivity index (χ4n) is 4.36. The Labute approximate surface area is 231 Å². The van der Waals surface area contributed by atoms with E-state index in [9.17, 15) is 13.5 Å². The normalized spacial score (nSPS) is 19.5. The molecule has 2 aliphatic rings. The number of thioether (sulfide) groups is 1. The Morgan fingerprint density at radius 3 is 2.38 bits per heavy atom. The molecule has 0 aliphatic carbocycles. The Morgan fingerprint density at radius 2 is 1.70 bits per heavy atom. The van der Waals surface area contributed by atoms with Crippen molar-refractivity contribution in [1.29, 1.82) is 0 Å². The van der Waals surface area contributed by atoms with Gasteiger partial charge in [0, 0.05) is 57.3 Å². The van der Waals surface area contributed by atoms with E-state index in [1.54, 1.807) is 30.3 Å². The molecule has 0 radical (unpaired) electrons. The molecule has 0 spiro atoms. The minimum atomic E-state index is -3.70. The van der Waals surface area contributed by atoms with Crippen molar-refractivity contribution in [3.8, 4) is 0 Å². The molecule has 37 heavy (non-hydrogen) atoms. The highest BCUT2D eigenvalue weighted by atomic mass is 35.5. The van der Waals surface area contributed by atoms with Crippen LogP contribution in [0.25, 0.3) is 6.08 Å². The Bertz CT molecular complexity index is 1420. The van der Waals surface area contributed by atoms with Crippen LogP contribution in [0.5, 0.6) is 0 Å². The summed E-state index contributed by atoms with van der Waals surface area (Å²) in [5.74, 6) is -0.298. The van der Waals surface area contributed by atoms with Gasteiger partial charge in [0.25, 0.3) is 0 Å². The summed E-state index contributed by atoms with van der Waals surface area (Å²) in [7, 11) is -1.56. The molecule has 10 heteroatoms. The summed E-state index contributed by atoms with van der Waals surface area (Å²) in [6, 6.07) is 18.0. The second-order valence-corrected chi connectivity index (χ2v) is 13.1. The number of aliphatic hydroxyl groups excluding tert-OH is 1. The number of anilines is 2. The fourth-order valence-corrected chi connectivity index (χ4v) is 7.60. The van der Waals surface area contributed by atoms with Crippen LogP contribution in [-0.4, -0.2) is 57.9 Å². The van der Waals surface area contributed by atoms with Crippen LogP contribution in [0.3, 0.4) is 0 Å². The van der Waals surface area contributed by atoms with E-state index in [-0.39, 0.29) is 10.6 Å². The number of piperazine rings is 1. The molecule has 3 aromatic carbocycles. The molecule has 1 atom stereocenters. The zero-order valence-electron chi connectivity index (χ0n) is 20.2. The average Bonchev–Trinajstić information content (AvgIpc) is 2.87. The van der Waals surface area contributed by atoms with E-state index in [2.05, 4.69) is 34.3 Å². The lowest BCUT2D eigenvalue weighted by Gasteiger charge is -2.34. The minimum Gasteiger partial charge on any atom is -0.369 e. The summed E-state index contributed by atoms with van der Waals surface area (Å²) < 4.78 is 26.4. The van der Waals surface area contributed by atoms with Gasteiger partial charge >= 0.3 is 0 Å². The van der Waals surface area contributed by atoms with Crippen molar-refractivity contribution in [1.82, 2.24) is 4.90 Å². The fraction of sp³-hybridized carbons (Fsp3) is 0.259. The summed E-state index contributed by atoms with van der Waals surface area (Å²) in [6.07, 6.45) is 1.03. The monoisotopic (exact) mass is 575 g/mol. The van der Waals surface area contributed by atoms with Crippen LogP contribution in [0.2, 0.25) is 10.0 Å². The van der Waals surface area contributed by atoms with Gasteiger partial charge in [0.05, 0.1) is 16.3 Å². The summed E-state index contributed by atoms with van der Waals surface area (Å²) in [6.45, 7) is 4.09. The largest absolute Gasteiger partial charge is 0.369 e. The average molecular weight is 577 g/mol. The summed E-state index contributed by atoms with van der Waals surface area (Å²) in [4.78, 5) is 6.27. The minimum absolute atomic E-state index is 0.170. The highest BCUT2D eigenvalue weighted by Gasteiger charge is 2.25. The first kappa shape index (κ1) is 26.4. The Hall–Kier alpha value is -2.20. The van der Waals surface area contributed by atoms with Gasteiger partial charge in [-0.05, 0) is 61.2 Å². The summed E-state index contributed by atoms with van der Waals surface area (Å²) in [5.41, 5.74) is 3.20.